The quantitative estimate of drug-likeness (QED) is 0.716. The molecule has 0 bridgehead atoms. The summed E-state index contributed by atoms with van der Waals surface area (Å²) in [5.74, 6) is 0. The Balaban J connectivity index is 1.85. The molecule has 4 nitrogen and oxygen atoms in total. The van der Waals surface area contributed by atoms with Crippen LogP contribution in [0.4, 0.5) is 0 Å². The standard InChI is InChI=1S/C15H14N2O2S3/c1-20-15-17-13-8-7-12(9-14(13)21-15)22(18,19)16-10-11-5-3-2-4-6-11/h2-9,16H,10H2,1H3. The summed E-state index contributed by atoms with van der Waals surface area (Å²) < 4.78 is 29.2. The highest BCUT2D eigenvalue weighted by molar-refractivity contribution is 8.00. The summed E-state index contributed by atoms with van der Waals surface area (Å²) in [7, 11) is -3.53. The molecule has 7 heteroatoms. The SMILES string of the molecule is CSc1nc2ccc(S(=O)(=O)NCc3ccccc3)cc2s1. The first kappa shape index (κ1) is 15.5. The first-order chi connectivity index (χ1) is 10.6. The number of hydrogen-bond acceptors (Lipinski definition) is 5. The Morgan fingerprint density at radius 3 is 2.68 bits per heavy atom. The first-order valence-electron chi connectivity index (χ1n) is 6.57. The average molecular weight is 350 g/mol. The van der Waals surface area contributed by atoms with Gasteiger partial charge in [0.2, 0.25) is 10.0 Å². The molecule has 0 aliphatic heterocycles. The van der Waals surface area contributed by atoms with E-state index >= 15 is 0 Å². The third kappa shape index (κ3) is 3.33. The van der Waals surface area contributed by atoms with Crippen LogP contribution in [-0.2, 0) is 16.6 Å². The van der Waals surface area contributed by atoms with Crippen molar-refractivity contribution in [1.82, 2.24) is 9.71 Å². The molecular weight excluding hydrogens is 336 g/mol. The monoisotopic (exact) mass is 350 g/mol. The zero-order valence-corrected chi connectivity index (χ0v) is 14.3. The van der Waals surface area contributed by atoms with E-state index in [1.165, 1.54) is 11.3 Å². The molecule has 0 spiro atoms. The summed E-state index contributed by atoms with van der Waals surface area (Å²) in [4.78, 5) is 4.68. The van der Waals surface area contributed by atoms with Crippen LogP contribution >= 0.6 is 23.1 Å². The number of fused-ring (bicyclic) bond motifs is 1. The summed E-state index contributed by atoms with van der Waals surface area (Å²) in [6, 6.07) is 14.5. The van der Waals surface area contributed by atoms with Gasteiger partial charge in [-0.25, -0.2) is 18.1 Å². The highest BCUT2D eigenvalue weighted by Crippen LogP contribution is 2.29. The van der Waals surface area contributed by atoms with E-state index in [-0.39, 0.29) is 11.4 Å². The molecular formula is C15H14N2O2S3. The van der Waals surface area contributed by atoms with E-state index in [1.54, 1.807) is 30.0 Å². The fraction of sp³-hybridized carbons (Fsp3) is 0.133. The average Bonchev–Trinajstić information content (AvgIpc) is 2.96. The van der Waals surface area contributed by atoms with Crippen molar-refractivity contribution >= 4 is 43.3 Å². The van der Waals surface area contributed by atoms with Crippen molar-refractivity contribution in [2.24, 2.45) is 0 Å². The van der Waals surface area contributed by atoms with E-state index in [0.29, 0.717) is 0 Å². The highest BCUT2D eigenvalue weighted by Gasteiger charge is 2.15. The van der Waals surface area contributed by atoms with Crippen LogP contribution < -0.4 is 4.72 Å². The van der Waals surface area contributed by atoms with Gasteiger partial charge in [0.15, 0.2) is 4.34 Å². The van der Waals surface area contributed by atoms with E-state index in [4.69, 9.17) is 0 Å². The third-order valence-electron chi connectivity index (χ3n) is 3.13. The molecule has 0 amide bonds. The van der Waals surface area contributed by atoms with E-state index < -0.39 is 10.0 Å². The summed E-state index contributed by atoms with van der Waals surface area (Å²) >= 11 is 3.06. The fourth-order valence-electron chi connectivity index (χ4n) is 2.00. The molecule has 0 unspecified atom stereocenters. The van der Waals surface area contributed by atoms with Gasteiger partial charge in [0, 0.05) is 6.54 Å². The molecule has 0 fully saturated rings. The second kappa shape index (κ2) is 6.37. The zero-order chi connectivity index (χ0) is 15.6. The molecule has 0 atom stereocenters. The second-order valence-electron chi connectivity index (χ2n) is 4.62. The molecule has 22 heavy (non-hydrogen) atoms. The maximum Gasteiger partial charge on any atom is 0.240 e. The number of nitrogens with zero attached hydrogens (tertiary/aromatic N) is 1. The molecule has 2 aromatic carbocycles. The first-order valence-corrected chi connectivity index (χ1v) is 10.1. The van der Waals surface area contributed by atoms with Crippen molar-refractivity contribution in [3.8, 4) is 0 Å². The van der Waals surface area contributed by atoms with E-state index in [1.807, 2.05) is 36.6 Å². The number of aromatic nitrogens is 1. The molecule has 3 aromatic rings. The van der Waals surface area contributed by atoms with Crippen LogP contribution in [0.15, 0.2) is 57.8 Å². The van der Waals surface area contributed by atoms with Crippen LogP contribution in [0.3, 0.4) is 0 Å². The van der Waals surface area contributed by atoms with Crippen LogP contribution in [0.5, 0.6) is 0 Å². The number of thiazole rings is 1. The summed E-state index contributed by atoms with van der Waals surface area (Å²) in [6.45, 7) is 0.278. The normalized spacial score (nSPS) is 11.9. The summed E-state index contributed by atoms with van der Waals surface area (Å²) in [5, 5.41) is 0. The summed E-state index contributed by atoms with van der Waals surface area (Å²) in [5.41, 5.74) is 1.76. The Labute approximate surface area is 137 Å². The Morgan fingerprint density at radius 2 is 1.95 bits per heavy atom. The lowest BCUT2D eigenvalue weighted by atomic mass is 10.2. The Hall–Kier alpha value is -1.41. The van der Waals surface area contributed by atoms with Crippen molar-refractivity contribution < 1.29 is 8.42 Å². The number of thioether (sulfide) groups is 1. The van der Waals surface area contributed by atoms with Gasteiger partial charge in [-0.15, -0.1) is 11.3 Å². The Bertz CT molecular complexity index is 890. The number of hydrogen-bond donors (Lipinski definition) is 1. The summed E-state index contributed by atoms with van der Waals surface area (Å²) in [6.07, 6.45) is 1.96. The van der Waals surface area contributed by atoms with Crippen LogP contribution in [0.2, 0.25) is 0 Å². The molecule has 0 aliphatic carbocycles. The molecule has 0 saturated heterocycles. The van der Waals surface area contributed by atoms with Gasteiger partial charge >= 0.3 is 0 Å². The van der Waals surface area contributed by atoms with Crippen molar-refractivity contribution in [3.63, 3.8) is 0 Å². The largest absolute Gasteiger partial charge is 0.240 e. The van der Waals surface area contributed by atoms with Crippen LogP contribution in [0.25, 0.3) is 10.2 Å². The minimum atomic E-state index is -3.53. The topological polar surface area (TPSA) is 59.1 Å². The number of nitrogens with one attached hydrogen (secondary N) is 1. The third-order valence-corrected chi connectivity index (χ3v) is 6.54. The minimum absolute atomic E-state index is 0.271. The molecule has 114 valence electrons. The van der Waals surface area contributed by atoms with E-state index in [2.05, 4.69) is 9.71 Å². The predicted molar refractivity (Wildman–Crippen MR) is 91.9 cm³/mol. The van der Waals surface area contributed by atoms with E-state index in [9.17, 15) is 8.42 Å². The number of benzene rings is 2. The molecule has 0 saturated carbocycles. The molecule has 1 N–H and O–H groups in total. The molecule has 1 aromatic heterocycles. The van der Waals surface area contributed by atoms with Crippen LogP contribution in [0.1, 0.15) is 5.56 Å². The molecule has 0 aliphatic rings. The van der Waals surface area contributed by atoms with Gasteiger partial charge in [-0.3, -0.25) is 0 Å². The number of sulfonamides is 1. The lowest BCUT2D eigenvalue weighted by Gasteiger charge is -2.06. The fourth-order valence-corrected chi connectivity index (χ4v) is 4.64. The molecule has 3 rings (SSSR count). The predicted octanol–water partition coefficient (Wildman–Crippen LogP) is 3.50. The lowest BCUT2D eigenvalue weighted by Crippen LogP contribution is -2.23. The van der Waals surface area contributed by atoms with Crippen LogP contribution in [-0.4, -0.2) is 19.7 Å². The van der Waals surface area contributed by atoms with Crippen molar-refractivity contribution in [3.05, 3.63) is 54.1 Å². The van der Waals surface area contributed by atoms with Crippen molar-refractivity contribution in [2.75, 3.05) is 6.26 Å². The lowest BCUT2D eigenvalue weighted by molar-refractivity contribution is 0.581. The maximum atomic E-state index is 12.4. The van der Waals surface area contributed by atoms with E-state index in [0.717, 1.165) is 20.1 Å². The van der Waals surface area contributed by atoms with Crippen LogP contribution in [0, 0.1) is 0 Å². The Kier molecular flexibility index (Phi) is 4.49. The minimum Gasteiger partial charge on any atom is -0.230 e. The smallest absolute Gasteiger partial charge is 0.230 e. The van der Waals surface area contributed by atoms with Gasteiger partial charge in [0.1, 0.15) is 0 Å². The van der Waals surface area contributed by atoms with Crippen molar-refractivity contribution in [2.45, 2.75) is 15.8 Å². The van der Waals surface area contributed by atoms with Gasteiger partial charge in [-0.05, 0) is 30.0 Å². The Morgan fingerprint density at radius 1 is 1.18 bits per heavy atom. The van der Waals surface area contributed by atoms with Gasteiger partial charge in [-0.1, -0.05) is 42.1 Å². The highest BCUT2D eigenvalue weighted by atomic mass is 32.2. The zero-order valence-electron chi connectivity index (χ0n) is 11.8. The molecule has 0 radical (unpaired) electrons. The molecule has 1 heterocycles. The van der Waals surface area contributed by atoms with Gasteiger partial charge < -0.3 is 0 Å². The second-order valence-corrected chi connectivity index (χ2v) is 8.47. The maximum absolute atomic E-state index is 12.4. The van der Waals surface area contributed by atoms with Gasteiger partial charge in [-0.2, -0.15) is 0 Å². The van der Waals surface area contributed by atoms with Gasteiger partial charge in [0.05, 0.1) is 15.1 Å². The number of rotatable bonds is 5. The van der Waals surface area contributed by atoms with Crippen molar-refractivity contribution in [1.29, 1.82) is 0 Å². The van der Waals surface area contributed by atoms with Gasteiger partial charge in [0.25, 0.3) is 0 Å².